The Kier molecular flexibility index (Phi) is 4.82. The maximum absolute atomic E-state index is 5.65. The Bertz CT molecular complexity index is 321. The molecule has 1 unspecified atom stereocenters. The van der Waals surface area contributed by atoms with Gasteiger partial charge in [-0.25, -0.2) is 0 Å². The molecule has 1 aromatic rings. The predicted molar refractivity (Wildman–Crippen MR) is 73.4 cm³/mol. The third-order valence-corrected chi connectivity index (χ3v) is 5.05. The van der Waals surface area contributed by atoms with E-state index >= 15 is 0 Å². The van der Waals surface area contributed by atoms with Gasteiger partial charge in [0.2, 0.25) is 0 Å². The Morgan fingerprint density at radius 2 is 2.19 bits per heavy atom. The smallest absolute Gasteiger partial charge is 0.0701 e. The first-order valence-electron chi connectivity index (χ1n) is 5.98. The summed E-state index contributed by atoms with van der Waals surface area (Å²) in [5.41, 5.74) is 2.98. The zero-order chi connectivity index (χ0) is 11.4. The molecule has 16 heavy (non-hydrogen) atoms. The molecular weight excluding hydrogens is 284 g/mol. The summed E-state index contributed by atoms with van der Waals surface area (Å²) in [4.78, 5) is 1.41. The lowest BCUT2D eigenvalue weighted by Gasteiger charge is -2.18. The van der Waals surface area contributed by atoms with Crippen molar-refractivity contribution in [2.75, 3.05) is 0 Å². The zero-order valence-electron chi connectivity index (χ0n) is 9.42. The minimum absolute atomic E-state index is 0.439. The van der Waals surface area contributed by atoms with Gasteiger partial charge in [0.1, 0.15) is 0 Å². The average Bonchev–Trinajstić information content (AvgIpc) is 2.89. The molecule has 3 N–H and O–H groups in total. The summed E-state index contributed by atoms with van der Waals surface area (Å²) in [5.74, 6) is 6.54. The van der Waals surface area contributed by atoms with Crippen LogP contribution in [-0.2, 0) is 6.42 Å². The molecule has 0 bridgehead atoms. The van der Waals surface area contributed by atoms with Crippen LogP contribution in [0.25, 0.3) is 0 Å². The predicted octanol–water partition coefficient (Wildman–Crippen LogP) is 3.47. The van der Waals surface area contributed by atoms with Crippen molar-refractivity contribution < 1.29 is 0 Å². The van der Waals surface area contributed by atoms with E-state index in [0.29, 0.717) is 6.04 Å². The fourth-order valence-electron chi connectivity index (χ4n) is 2.56. The summed E-state index contributed by atoms with van der Waals surface area (Å²) in [5, 5.41) is 0. The molecule has 0 amide bonds. The SMILES string of the molecule is NNC(Cc1ccc(Br)s1)CC1CCCC1. The van der Waals surface area contributed by atoms with Gasteiger partial charge in [-0.05, 0) is 46.8 Å². The summed E-state index contributed by atoms with van der Waals surface area (Å²) in [6.07, 6.45) is 7.90. The maximum atomic E-state index is 5.65. The lowest BCUT2D eigenvalue weighted by molar-refractivity contribution is 0.391. The van der Waals surface area contributed by atoms with E-state index in [1.54, 1.807) is 0 Å². The van der Waals surface area contributed by atoms with Crippen molar-refractivity contribution in [1.29, 1.82) is 0 Å². The molecular formula is C12H19BrN2S. The number of thiophene rings is 1. The van der Waals surface area contributed by atoms with Crippen LogP contribution in [-0.4, -0.2) is 6.04 Å². The zero-order valence-corrected chi connectivity index (χ0v) is 11.8. The van der Waals surface area contributed by atoms with Crippen molar-refractivity contribution in [3.05, 3.63) is 20.8 Å². The van der Waals surface area contributed by atoms with E-state index in [4.69, 9.17) is 5.84 Å². The molecule has 1 fully saturated rings. The second-order valence-electron chi connectivity index (χ2n) is 4.66. The minimum atomic E-state index is 0.439. The lowest BCUT2D eigenvalue weighted by Crippen LogP contribution is -2.37. The van der Waals surface area contributed by atoms with Crippen molar-refractivity contribution in [2.24, 2.45) is 11.8 Å². The molecule has 0 saturated heterocycles. The van der Waals surface area contributed by atoms with Crippen molar-refractivity contribution >= 4 is 27.3 Å². The molecule has 1 aromatic heterocycles. The van der Waals surface area contributed by atoms with Crippen LogP contribution in [0.4, 0.5) is 0 Å². The number of hydrazine groups is 1. The third-order valence-electron chi connectivity index (χ3n) is 3.40. The van der Waals surface area contributed by atoms with E-state index in [1.807, 2.05) is 11.3 Å². The van der Waals surface area contributed by atoms with Crippen molar-refractivity contribution in [1.82, 2.24) is 5.43 Å². The highest BCUT2D eigenvalue weighted by atomic mass is 79.9. The van der Waals surface area contributed by atoms with Gasteiger partial charge in [0.05, 0.1) is 3.79 Å². The van der Waals surface area contributed by atoms with Crippen LogP contribution in [0.2, 0.25) is 0 Å². The van der Waals surface area contributed by atoms with Gasteiger partial charge in [-0.3, -0.25) is 11.3 Å². The molecule has 0 spiro atoms. The highest BCUT2D eigenvalue weighted by molar-refractivity contribution is 9.11. The summed E-state index contributed by atoms with van der Waals surface area (Å²) in [6.45, 7) is 0. The number of rotatable bonds is 5. The van der Waals surface area contributed by atoms with Crippen molar-refractivity contribution in [3.8, 4) is 0 Å². The number of nitrogens with two attached hydrogens (primary N) is 1. The first-order chi connectivity index (χ1) is 7.78. The van der Waals surface area contributed by atoms with Gasteiger partial charge >= 0.3 is 0 Å². The van der Waals surface area contributed by atoms with Crippen LogP contribution in [0.3, 0.4) is 0 Å². The van der Waals surface area contributed by atoms with Gasteiger partial charge in [-0.1, -0.05) is 25.7 Å². The van der Waals surface area contributed by atoms with E-state index in [0.717, 1.165) is 12.3 Å². The first kappa shape index (κ1) is 12.6. The third kappa shape index (κ3) is 3.55. The highest BCUT2D eigenvalue weighted by Crippen LogP contribution is 2.30. The molecule has 2 rings (SSSR count). The van der Waals surface area contributed by atoms with E-state index < -0.39 is 0 Å². The Morgan fingerprint density at radius 1 is 1.44 bits per heavy atom. The van der Waals surface area contributed by atoms with Gasteiger partial charge in [-0.15, -0.1) is 11.3 Å². The van der Waals surface area contributed by atoms with Gasteiger partial charge in [0.25, 0.3) is 0 Å². The van der Waals surface area contributed by atoms with Crippen LogP contribution in [0, 0.1) is 5.92 Å². The van der Waals surface area contributed by atoms with Crippen LogP contribution >= 0.6 is 27.3 Å². The summed E-state index contributed by atoms with van der Waals surface area (Å²) in [6, 6.07) is 4.74. The topological polar surface area (TPSA) is 38.0 Å². The van der Waals surface area contributed by atoms with E-state index in [-0.39, 0.29) is 0 Å². The highest BCUT2D eigenvalue weighted by Gasteiger charge is 2.20. The van der Waals surface area contributed by atoms with Gasteiger partial charge in [0, 0.05) is 10.9 Å². The van der Waals surface area contributed by atoms with E-state index in [2.05, 4.69) is 33.5 Å². The molecule has 0 aromatic carbocycles. The molecule has 4 heteroatoms. The number of hydrogen-bond donors (Lipinski definition) is 2. The summed E-state index contributed by atoms with van der Waals surface area (Å²) >= 11 is 5.31. The Labute approximate surface area is 110 Å². The standard InChI is InChI=1S/C12H19BrN2S/c13-12-6-5-11(16-12)8-10(15-14)7-9-3-1-2-4-9/h5-6,9-10,15H,1-4,7-8,14H2. The summed E-state index contributed by atoms with van der Waals surface area (Å²) < 4.78 is 1.21. The maximum Gasteiger partial charge on any atom is 0.0701 e. The Morgan fingerprint density at radius 3 is 2.75 bits per heavy atom. The molecule has 0 radical (unpaired) electrons. The second-order valence-corrected chi connectivity index (χ2v) is 7.21. The molecule has 0 aliphatic heterocycles. The molecule has 1 saturated carbocycles. The Hall–Kier alpha value is 0.1000. The molecule has 1 heterocycles. The molecule has 1 atom stereocenters. The van der Waals surface area contributed by atoms with Crippen molar-refractivity contribution in [3.63, 3.8) is 0 Å². The van der Waals surface area contributed by atoms with Crippen LogP contribution in [0.1, 0.15) is 37.0 Å². The Balaban J connectivity index is 1.84. The average molecular weight is 303 g/mol. The number of halogens is 1. The second kappa shape index (κ2) is 6.15. The quantitative estimate of drug-likeness (QED) is 0.646. The van der Waals surface area contributed by atoms with Gasteiger partial charge < -0.3 is 0 Å². The molecule has 1 aliphatic carbocycles. The normalized spacial score (nSPS) is 19.1. The van der Waals surface area contributed by atoms with Gasteiger partial charge in [-0.2, -0.15) is 0 Å². The van der Waals surface area contributed by atoms with Crippen LogP contribution < -0.4 is 11.3 Å². The van der Waals surface area contributed by atoms with Crippen LogP contribution in [0.5, 0.6) is 0 Å². The number of hydrogen-bond acceptors (Lipinski definition) is 3. The molecule has 2 nitrogen and oxygen atoms in total. The summed E-state index contributed by atoms with van der Waals surface area (Å²) in [7, 11) is 0. The number of nitrogens with one attached hydrogen (secondary N) is 1. The fraction of sp³-hybridized carbons (Fsp3) is 0.667. The minimum Gasteiger partial charge on any atom is -0.271 e. The fourth-order valence-corrected chi connectivity index (χ4v) is 4.13. The molecule has 90 valence electrons. The largest absolute Gasteiger partial charge is 0.271 e. The van der Waals surface area contributed by atoms with Gasteiger partial charge in [0.15, 0.2) is 0 Å². The van der Waals surface area contributed by atoms with Crippen LogP contribution in [0.15, 0.2) is 15.9 Å². The van der Waals surface area contributed by atoms with Crippen molar-refractivity contribution in [2.45, 2.75) is 44.6 Å². The van der Waals surface area contributed by atoms with E-state index in [1.165, 1.54) is 40.8 Å². The molecule has 1 aliphatic rings. The monoisotopic (exact) mass is 302 g/mol. The lowest BCUT2D eigenvalue weighted by atomic mass is 9.96. The van der Waals surface area contributed by atoms with E-state index in [9.17, 15) is 0 Å². The first-order valence-corrected chi connectivity index (χ1v) is 7.59.